The summed E-state index contributed by atoms with van der Waals surface area (Å²) in [5.41, 5.74) is 5.81. The molecule has 0 fully saturated rings. The van der Waals surface area contributed by atoms with E-state index in [-0.39, 0.29) is 0 Å². The van der Waals surface area contributed by atoms with Crippen LogP contribution in [0, 0.1) is 29.7 Å². The van der Waals surface area contributed by atoms with Crippen LogP contribution in [0.4, 0.5) is 0 Å². The van der Waals surface area contributed by atoms with Gasteiger partial charge in [-0.2, -0.15) is 11.1 Å². The second-order valence-electron chi connectivity index (χ2n) is 11.7. The Morgan fingerprint density at radius 3 is 1.46 bits per heavy atom. The number of allylic oxidation sites excluding steroid dienone is 4. The Morgan fingerprint density at radius 1 is 0.610 bits per heavy atom. The van der Waals surface area contributed by atoms with E-state index < -0.39 is 0 Å². The van der Waals surface area contributed by atoms with Crippen LogP contribution in [0.25, 0.3) is 21.5 Å². The van der Waals surface area contributed by atoms with Gasteiger partial charge in [0.25, 0.3) is 0 Å². The van der Waals surface area contributed by atoms with Gasteiger partial charge in [0, 0.05) is 0 Å². The van der Waals surface area contributed by atoms with Crippen LogP contribution in [-0.2, 0) is 24.2 Å². The fourth-order valence-electron chi connectivity index (χ4n) is 5.56. The van der Waals surface area contributed by atoms with Gasteiger partial charge in [0.1, 0.15) is 0 Å². The van der Waals surface area contributed by atoms with Gasteiger partial charge in [-0.25, -0.2) is 6.08 Å². The number of hydrogen-bond donors (Lipinski definition) is 0. The summed E-state index contributed by atoms with van der Waals surface area (Å²) in [6.45, 7) is 13.7. The molecule has 0 saturated carbocycles. The van der Waals surface area contributed by atoms with E-state index in [1.807, 2.05) is 0 Å². The van der Waals surface area contributed by atoms with E-state index in [0.29, 0.717) is 23.7 Å². The predicted octanol–water partition coefficient (Wildman–Crippen LogP) is 10.8. The molecule has 1 aliphatic carbocycles. The van der Waals surface area contributed by atoms with Gasteiger partial charge >= 0.3 is 99.2 Å². The van der Waals surface area contributed by atoms with E-state index in [9.17, 15) is 0 Å². The van der Waals surface area contributed by atoms with E-state index in [4.69, 9.17) is 0 Å². The van der Waals surface area contributed by atoms with Crippen LogP contribution in [0.2, 0.25) is 0 Å². The molecule has 41 heavy (non-hydrogen) atoms. The molecule has 5 aromatic rings. The number of fused-ring (bicyclic) bond motifs is 3. The molecular weight excluding hydrogens is 572 g/mol. The Bertz CT molecular complexity index is 1520. The van der Waals surface area contributed by atoms with E-state index in [1.165, 1.54) is 65.7 Å². The zero-order chi connectivity index (χ0) is 29.4. The first kappa shape index (κ1) is 30.9. The number of rotatable bonds is 5. The van der Waals surface area contributed by atoms with Crippen molar-refractivity contribution in [3.05, 3.63) is 150 Å². The van der Waals surface area contributed by atoms with Crippen molar-refractivity contribution >= 4 is 24.8 Å². The monoisotopic (exact) mass is 612 g/mol. The SMILES string of the molecule is CC(C)C1=C(C(C)C)C(C(C)C)[C-]=C1.[Zr+2]=[C](c1ccccc1)c1ccccc1.c1ccc2c(c1)[cH-]c1ccccc12. The molecule has 0 nitrogen and oxygen atoms in total. The third-order valence-corrected chi connectivity index (χ3v) is 9.06. The minimum Gasteiger partial charge on any atom is -0.126 e. The van der Waals surface area contributed by atoms with Crippen molar-refractivity contribution in [2.45, 2.75) is 41.5 Å². The summed E-state index contributed by atoms with van der Waals surface area (Å²) in [7, 11) is 0. The molecule has 1 unspecified atom stereocenters. The molecule has 0 heterocycles. The average Bonchev–Trinajstić information content (AvgIpc) is 3.61. The third kappa shape index (κ3) is 7.84. The molecule has 0 aliphatic heterocycles. The topological polar surface area (TPSA) is 0 Å². The molecule has 0 aromatic heterocycles. The summed E-state index contributed by atoms with van der Waals surface area (Å²) < 4.78 is 1.42. The first-order chi connectivity index (χ1) is 19.8. The van der Waals surface area contributed by atoms with Crippen LogP contribution in [0.3, 0.4) is 0 Å². The second kappa shape index (κ2) is 14.7. The number of benzene rings is 4. The van der Waals surface area contributed by atoms with Gasteiger partial charge in [0.2, 0.25) is 0 Å². The largest absolute Gasteiger partial charge is 0.126 e. The molecule has 1 heteroatoms. The van der Waals surface area contributed by atoms with Crippen molar-refractivity contribution in [2.24, 2.45) is 23.7 Å². The molecule has 0 bridgehead atoms. The zero-order valence-corrected chi connectivity index (χ0v) is 27.8. The van der Waals surface area contributed by atoms with Crippen LogP contribution < -0.4 is 0 Å². The Hall–Kier alpha value is -3.02. The molecule has 0 N–H and O–H groups in total. The molecule has 1 atom stereocenters. The quantitative estimate of drug-likeness (QED) is 0.173. The normalized spacial score (nSPS) is 14.5. The predicted molar refractivity (Wildman–Crippen MR) is 176 cm³/mol. The maximum Gasteiger partial charge on any atom is -0.0771 e. The van der Waals surface area contributed by atoms with E-state index in [1.54, 1.807) is 5.57 Å². The molecule has 0 amide bonds. The van der Waals surface area contributed by atoms with Crippen LogP contribution in [0.5, 0.6) is 0 Å². The summed E-state index contributed by atoms with van der Waals surface area (Å²) in [5, 5.41) is 5.39. The molecule has 0 spiro atoms. The second-order valence-corrected chi connectivity index (χ2v) is 12.9. The van der Waals surface area contributed by atoms with Gasteiger partial charge < -0.3 is 0 Å². The standard InChI is InChI=1S/C14H23.C13H9.C13H10.Zr/c1-9(2)12-7-8-13(10(3)4)14(12)11(5)6;1-3-7-12-10(5-1)9-11-6-2-4-8-13(11)12;1-3-7-12(8-4-1)11-13-9-5-2-6-10-13;/h7,9-11,13H,1-6H3;1-9H;1-10H;/q2*-1;;+2. The summed E-state index contributed by atoms with van der Waals surface area (Å²) in [5.74, 6) is 2.54. The Labute approximate surface area is 262 Å². The minimum absolute atomic E-state index is 0.562. The molecule has 206 valence electrons. The summed E-state index contributed by atoms with van der Waals surface area (Å²) in [6.07, 6.45) is 5.75. The minimum atomic E-state index is 0.562. The van der Waals surface area contributed by atoms with E-state index in [2.05, 4.69) is 169 Å². The molecule has 5 aromatic carbocycles. The van der Waals surface area contributed by atoms with Gasteiger partial charge in [0.05, 0.1) is 0 Å². The first-order valence-corrected chi connectivity index (χ1v) is 16.1. The summed E-state index contributed by atoms with van der Waals surface area (Å²) >= 11 is 1.46. The van der Waals surface area contributed by atoms with Gasteiger partial charge in [-0.1, -0.05) is 95.7 Å². The molecule has 0 saturated heterocycles. The van der Waals surface area contributed by atoms with Crippen LogP contribution in [-0.4, -0.2) is 3.21 Å². The van der Waals surface area contributed by atoms with Gasteiger partial charge in [-0.3, -0.25) is 6.08 Å². The fourth-order valence-corrected chi connectivity index (χ4v) is 6.38. The van der Waals surface area contributed by atoms with Gasteiger partial charge in [-0.15, -0.1) is 39.7 Å². The summed E-state index contributed by atoms with van der Waals surface area (Å²) in [6, 6.07) is 40.4. The maximum absolute atomic E-state index is 3.52. The Balaban J connectivity index is 0.000000142. The third-order valence-electron chi connectivity index (χ3n) is 7.65. The van der Waals surface area contributed by atoms with Crippen molar-refractivity contribution in [1.29, 1.82) is 0 Å². The van der Waals surface area contributed by atoms with Crippen molar-refractivity contribution in [2.75, 3.05) is 0 Å². The summed E-state index contributed by atoms with van der Waals surface area (Å²) in [4.78, 5) is 0. The first-order valence-electron chi connectivity index (χ1n) is 14.8. The Morgan fingerprint density at radius 2 is 1.05 bits per heavy atom. The van der Waals surface area contributed by atoms with E-state index in [0.717, 1.165) is 0 Å². The van der Waals surface area contributed by atoms with Crippen LogP contribution in [0.1, 0.15) is 52.7 Å². The van der Waals surface area contributed by atoms with Gasteiger partial charge in [-0.05, 0) is 5.92 Å². The Kier molecular flexibility index (Phi) is 11.1. The van der Waals surface area contributed by atoms with Crippen molar-refractivity contribution < 1.29 is 24.2 Å². The molecule has 1 aliphatic rings. The number of hydrogen-bond acceptors (Lipinski definition) is 0. The van der Waals surface area contributed by atoms with Crippen molar-refractivity contribution in [3.8, 4) is 0 Å². The molecular formula is C40H42Zr. The molecule has 6 rings (SSSR count). The van der Waals surface area contributed by atoms with E-state index >= 15 is 0 Å². The van der Waals surface area contributed by atoms with Crippen LogP contribution in [0.15, 0.2) is 132 Å². The fraction of sp³-hybridized carbons (Fsp3) is 0.250. The van der Waals surface area contributed by atoms with Gasteiger partial charge in [0.15, 0.2) is 0 Å². The zero-order valence-electron chi connectivity index (χ0n) is 25.4. The molecule has 0 radical (unpaired) electrons. The van der Waals surface area contributed by atoms with Crippen molar-refractivity contribution in [1.82, 2.24) is 0 Å². The smallest absolute Gasteiger partial charge is 0.0771 e. The van der Waals surface area contributed by atoms with Crippen molar-refractivity contribution in [3.63, 3.8) is 0 Å². The van der Waals surface area contributed by atoms with Crippen LogP contribution >= 0.6 is 0 Å². The maximum atomic E-state index is 3.52. The average molecular weight is 614 g/mol.